The Balaban J connectivity index is 4.83. The topological polar surface area (TPSA) is 170 Å². The summed E-state index contributed by atoms with van der Waals surface area (Å²) in [5.41, 5.74) is -2.04. The Morgan fingerprint density at radius 1 is 0.561 bits per heavy atom. The van der Waals surface area contributed by atoms with Crippen molar-refractivity contribution in [3.05, 3.63) is 0 Å². The van der Waals surface area contributed by atoms with Gasteiger partial charge in [-0.1, -0.05) is 0 Å². The molecule has 2 atom stereocenters. The highest BCUT2D eigenvalue weighted by Crippen LogP contribution is 2.11. The number of ether oxygens (including phenoxy) is 4. The van der Waals surface area contributed by atoms with Crippen LogP contribution in [0.2, 0.25) is 0 Å². The van der Waals surface area contributed by atoms with Gasteiger partial charge >= 0.3 is 24.2 Å². The summed E-state index contributed by atoms with van der Waals surface area (Å²) in [4.78, 5) is 61.1. The molecular weight excluding hydrogens is 536 g/mol. The third-order valence-corrected chi connectivity index (χ3v) is 4.99. The second-order valence-corrected chi connectivity index (χ2v) is 12.6. The number of methoxy groups -OCH3 is 1. The van der Waals surface area contributed by atoms with Crippen LogP contribution in [-0.2, 0) is 28.5 Å². The SMILES string of the molecule is COC(=O)[C@H](CCCCNC(=O)[C@H](CCCCNC(=O)OC(C)(C)C)NC(=O)OC(C)(C)C)NC(=O)OC(C)(C)C. The lowest BCUT2D eigenvalue weighted by molar-refractivity contribution is -0.143. The average molecular weight is 589 g/mol. The van der Waals surface area contributed by atoms with Crippen LogP contribution in [-0.4, -0.2) is 79.2 Å². The molecule has 4 amide bonds. The summed E-state index contributed by atoms with van der Waals surface area (Å²) < 4.78 is 20.5. The fourth-order valence-corrected chi connectivity index (χ4v) is 3.35. The molecule has 0 bridgehead atoms. The van der Waals surface area contributed by atoms with E-state index in [0.29, 0.717) is 38.6 Å². The minimum atomic E-state index is -0.888. The molecule has 0 heterocycles. The number of hydrogen-bond acceptors (Lipinski definition) is 9. The second-order valence-electron chi connectivity index (χ2n) is 12.6. The van der Waals surface area contributed by atoms with Crippen LogP contribution in [0.15, 0.2) is 0 Å². The highest BCUT2D eigenvalue weighted by molar-refractivity contribution is 5.85. The Kier molecular flexibility index (Phi) is 16.1. The zero-order chi connectivity index (χ0) is 31.9. The van der Waals surface area contributed by atoms with E-state index in [4.69, 9.17) is 18.9 Å². The van der Waals surface area contributed by atoms with E-state index in [2.05, 4.69) is 21.3 Å². The van der Waals surface area contributed by atoms with Gasteiger partial charge in [-0.2, -0.15) is 0 Å². The predicted molar refractivity (Wildman–Crippen MR) is 153 cm³/mol. The molecule has 0 unspecified atom stereocenters. The Hall–Kier alpha value is -3.25. The van der Waals surface area contributed by atoms with Gasteiger partial charge in [0.2, 0.25) is 5.91 Å². The third-order valence-electron chi connectivity index (χ3n) is 4.99. The van der Waals surface area contributed by atoms with Gasteiger partial charge in [-0.3, -0.25) is 4.79 Å². The van der Waals surface area contributed by atoms with Gasteiger partial charge in [0.25, 0.3) is 0 Å². The van der Waals surface area contributed by atoms with E-state index in [1.54, 1.807) is 62.3 Å². The molecule has 13 nitrogen and oxygen atoms in total. The molecule has 0 saturated carbocycles. The summed E-state index contributed by atoms with van der Waals surface area (Å²) >= 11 is 0. The van der Waals surface area contributed by atoms with Gasteiger partial charge in [-0.05, 0) is 101 Å². The van der Waals surface area contributed by atoms with E-state index >= 15 is 0 Å². The van der Waals surface area contributed by atoms with Gasteiger partial charge in [0, 0.05) is 13.1 Å². The summed E-state index contributed by atoms with van der Waals surface area (Å²) in [6.07, 6.45) is 0.771. The van der Waals surface area contributed by atoms with Crippen molar-refractivity contribution in [3.8, 4) is 0 Å². The lowest BCUT2D eigenvalue weighted by atomic mass is 10.1. The first kappa shape index (κ1) is 37.8. The number of hydrogen-bond donors (Lipinski definition) is 4. The molecule has 0 rings (SSSR count). The van der Waals surface area contributed by atoms with Crippen molar-refractivity contribution in [2.75, 3.05) is 20.2 Å². The third kappa shape index (κ3) is 21.2. The molecule has 0 aromatic rings. The molecule has 0 aliphatic heterocycles. The standard InChI is InChI=1S/C28H52N4O9/c1-26(2,3)39-23(35)30-18-14-11-15-19(31-24(36)40-27(4,5)6)21(33)29-17-13-12-16-20(22(34)38-10)32-25(37)41-28(7,8)9/h19-20H,11-18H2,1-10H3,(H,29,33)(H,30,35)(H,31,36)(H,32,37)/t19-,20-/m0/s1. The smallest absolute Gasteiger partial charge is 0.408 e. The maximum absolute atomic E-state index is 12.9. The maximum Gasteiger partial charge on any atom is 0.408 e. The highest BCUT2D eigenvalue weighted by atomic mass is 16.6. The molecule has 0 fully saturated rings. The van der Waals surface area contributed by atoms with Crippen molar-refractivity contribution in [1.29, 1.82) is 0 Å². The molecule has 0 aliphatic rings. The molecular formula is C28H52N4O9. The van der Waals surface area contributed by atoms with Crippen molar-refractivity contribution >= 4 is 30.2 Å². The van der Waals surface area contributed by atoms with Gasteiger partial charge in [0.1, 0.15) is 28.9 Å². The van der Waals surface area contributed by atoms with E-state index in [1.165, 1.54) is 7.11 Å². The summed E-state index contributed by atoms with van der Waals surface area (Å²) in [5, 5.41) is 10.6. The van der Waals surface area contributed by atoms with Gasteiger partial charge in [0.05, 0.1) is 7.11 Å². The molecule has 0 radical (unpaired) electrons. The van der Waals surface area contributed by atoms with Crippen molar-refractivity contribution in [3.63, 3.8) is 0 Å². The Morgan fingerprint density at radius 2 is 0.951 bits per heavy atom. The molecule has 41 heavy (non-hydrogen) atoms. The zero-order valence-corrected chi connectivity index (χ0v) is 26.5. The number of alkyl carbamates (subject to hydrolysis) is 3. The van der Waals surface area contributed by atoms with Crippen molar-refractivity contribution in [2.45, 2.75) is 130 Å². The first-order valence-corrected chi connectivity index (χ1v) is 14.0. The summed E-state index contributed by atoms with van der Waals surface area (Å²) in [6.45, 7) is 16.3. The fraction of sp³-hybridized carbons (Fsp3) is 0.821. The Labute approximate surface area is 244 Å². The number of esters is 1. The first-order chi connectivity index (χ1) is 18.7. The summed E-state index contributed by atoms with van der Waals surface area (Å²) in [5.74, 6) is -0.977. The summed E-state index contributed by atoms with van der Waals surface area (Å²) in [6, 6.07) is -1.73. The van der Waals surface area contributed by atoms with E-state index in [0.717, 1.165) is 0 Å². The van der Waals surface area contributed by atoms with Crippen LogP contribution in [0.5, 0.6) is 0 Å². The lowest BCUT2D eigenvalue weighted by Crippen LogP contribution is -2.48. The van der Waals surface area contributed by atoms with E-state index < -0.39 is 53.1 Å². The molecule has 0 spiro atoms. The predicted octanol–water partition coefficient (Wildman–Crippen LogP) is 3.93. The molecule has 0 saturated heterocycles. The number of carbonyl (C=O) groups is 5. The van der Waals surface area contributed by atoms with Gasteiger partial charge < -0.3 is 40.2 Å². The summed E-state index contributed by atoms with van der Waals surface area (Å²) in [7, 11) is 1.23. The minimum Gasteiger partial charge on any atom is -0.467 e. The normalized spacial score (nSPS) is 13.2. The van der Waals surface area contributed by atoms with Gasteiger partial charge in [0.15, 0.2) is 0 Å². The van der Waals surface area contributed by atoms with Crippen LogP contribution < -0.4 is 21.3 Å². The van der Waals surface area contributed by atoms with Crippen LogP contribution in [0.25, 0.3) is 0 Å². The van der Waals surface area contributed by atoms with Crippen LogP contribution in [0.4, 0.5) is 14.4 Å². The lowest BCUT2D eigenvalue weighted by Gasteiger charge is -2.23. The molecule has 238 valence electrons. The van der Waals surface area contributed by atoms with Crippen molar-refractivity contribution in [2.24, 2.45) is 0 Å². The van der Waals surface area contributed by atoms with Crippen LogP contribution in [0.3, 0.4) is 0 Å². The quantitative estimate of drug-likeness (QED) is 0.133. The van der Waals surface area contributed by atoms with E-state index in [-0.39, 0.29) is 18.9 Å². The minimum absolute atomic E-state index is 0.284. The molecule has 13 heteroatoms. The van der Waals surface area contributed by atoms with Gasteiger partial charge in [-0.25, -0.2) is 19.2 Å². The largest absolute Gasteiger partial charge is 0.467 e. The van der Waals surface area contributed by atoms with Crippen LogP contribution >= 0.6 is 0 Å². The second kappa shape index (κ2) is 17.5. The monoisotopic (exact) mass is 588 g/mol. The van der Waals surface area contributed by atoms with E-state index in [1.807, 2.05) is 0 Å². The molecule has 4 N–H and O–H groups in total. The van der Waals surface area contributed by atoms with Crippen LogP contribution in [0.1, 0.15) is 101 Å². The molecule has 0 aromatic carbocycles. The Morgan fingerprint density at radius 3 is 1.39 bits per heavy atom. The van der Waals surface area contributed by atoms with Gasteiger partial charge in [-0.15, -0.1) is 0 Å². The molecule has 0 aliphatic carbocycles. The van der Waals surface area contributed by atoms with E-state index in [9.17, 15) is 24.0 Å². The number of nitrogens with one attached hydrogen (secondary N) is 4. The van der Waals surface area contributed by atoms with Crippen LogP contribution in [0, 0.1) is 0 Å². The number of carbonyl (C=O) groups excluding carboxylic acids is 5. The first-order valence-electron chi connectivity index (χ1n) is 14.0. The number of rotatable bonds is 14. The average Bonchev–Trinajstić information content (AvgIpc) is 2.77. The highest BCUT2D eigenvalue weighted by Gasteiger charge is 2.26. The molecule has 0 aromatic heterocycles. The fourth-order valence-electron chi connectivity index (χ4n) is 3.35. The maximum atomic E-state index is 12.9. The number of unbranched alkanes of at least 4 members (excludes halogenated alkanes) is 2. The number of amides is 4. The van der Waals surface area contributed by atoms with Crippen molar-refractivity contribution in [1.82, 2.24) is 21.3 Å². The van der Waals surface area contributed by atoms with Crippen molar-refractivity contribution < 1.29 is 42.9 Å². The zero-order valence-electron chi connectivity index (χ0n) is 26.5. The Bertz CT molecular complexity index is 858.